The number of benzene rings is 1. The number of pyridine rings is 1. The van der Waals surface area contributed by atoms with E-state index in [0.29, 0.717) is 18.7 Å². The summed E-state index contributed by atoms with van der Waals surface area (Å²) in [7, 11) is 0. The molecule has 0 radical (unpaired) electrons. The van der Waals surface area contributed by atoms with Crippen LogP contribution >= 0.6 is 0 Å². The van der Waals surface area contributed by atoms with Crippen LogP contribution in [-0.4, -0.2) is 28.6 Å². The van der Waals surface area contributed by atoms with Crippen molar-refractivity contribution in [3.8, 4) is 0 Å². The van der Waals surface area contributed by atoms with E-state index in [1.807, 2.05) is 38.1 Å². The molecule has 2 aromatic heterocycles. The molecule has 126 valence electrons. The van der Waals surface area contributed by atoms with Crippen LogP contribution in [0.15, 0.2) is 30.5 Å². The number of nitrogens with zero attached hydrogens (tertiary/aromatic N) is 3. The second-order valence-corrected chi connectivity index (χ2v) is 6.45. The van der Waals surface area contributed by atoms with Gasteiger partial charge in [-0.1, -0.05) is 12.1 Å². The molecular weight excluding hydrogens is 306 g/mol. The van der Waals surface area contributed by atoms with Gasteiger partial charge in [-0.2, -0.15) is 4.73 Å². The Morgan fingerprint density at radius 1 is 1.29 bits per heavy atom. The van der Waals surface area contributed by atoms with Gasteiger partial charge < -0.3 is 19.2 Å². The number of imidazole rings is 1. The Morgan fingerprint density at radius 2 is 2.04 bits per heavy atom. The van der Waals surface area contributed by atoms with Gasteiger partial charge in [0.1, 0.15) is 5.82 Å². The number of ether oxygens (including phenoxy) is 2. The number of aromatic nitrogens is 3. The first-order chi connectivity index (χ1) is 11.6. The van der Waals surface area contributed by atoms with Crippen LogP contribution < -0.4 is 4.73 Å². The number of para-hydroxylation sites is 1. The third-order valence-electron chi connectivity index (χ3n) is 4.73. The number of aryl methyl sites for hydroxylation is 2. The highest BCUT2D eigenvalue weighted by Crippen LogP contribution is 2.27. The molecule has 1 aromatic carbocycles. The van der Waals surface area contributed by atoms with Crippen molar-refractivity contribution < 1.29 is 14.2 Å². The average Bonchev–Trinajstić information content (AvgIpc) is 3.12. The van der Waals surface area contributed by atoms with Crippen LogP contribution in [0, 0.1) is 12.1 Å². The average molecular weight is 327 g/mol. The van der Waals surface area contributed by atoms with E-state index in [-0.39, 0.29) is 0 Å². The molecule has 0 unspecified atom stereocenters. The molecule has 0 amide bonds. The molecule has 6 nitrogen and oxygen atoms in total. The SMILES string of the molecule is Cc1nc2c[n+]([O-])c3ccccc3c2n1CCCC1(C)OCCO1. The molecule has 0 atom stereocenters. The maximum absolute atomic E-state index is 12.2. The minimum Gasteiger partial charge on any atom is -0.618 e. The maximum Gasteiger partial charge on any atom is 0.226 e. The summed E-state index contributed by atoms with van der Waals surface area (Å²) in [6.07, 6.45) is 3.31. The smallest absolute Gasteiger partial charge is 0.226 e. The Labute approximate surface area is 140 Å². The molecule has 1 saturated heterocycles. The zero-order valence-electron chi connectivity index (χ0n) is 14.0. The number of hydrogen-bond acceptors (Lipinski definition) is 4. The fourth-order valence-electron chi connectivity index (χ4n) is 3.54. The summed E-state index contributed by atoms with van der Waals surface area (Å²) in [5, 5.41) is 13.1. The van der Waals surface area contributed by atoms with Crippen LogP contribution in [0.3, 0.4) is 0 Å². The Balaban J connectivity index is 1.70. The lowest BCUT2D eigenvalue weighted by Crippen LogP contribution is -2.26. The first-order valence-electron chi connectivity index (χ1n) is 8.33. The standard InChI is InChI=1S/C18H21N3O3/c1-13-19-15-12-21(22)16-7-4-3-6-14(16)17(15)20(13)9-5-8-18(2)23-10-11-24-18/h3-4,6-7,12H,5,8-11H2,1-2H3. The molecule has 4 rings (SSSR count). The summed E-state index contributed by atoms with van der Waals surface area (Å²) >= 11 is 0. The van der Waals surface area contributed by atoms with Crippen LogP contribution in [0.1, 0.15) is 25.6 Å². The third-order valence-corrected chi connectivity index (χ3v) is 4.73. The second kappa shape index (κ2) is 5.72. The molecule has 0 bridgehead atoms. The van der Waals surface area contributed by atoms with Crippen LogP contribution in [-0.2, 0) is 16.0 Å². The number of hydrogen-bond donors (Lipinski definition) is 0. The zero-order valence-corrected chi connectivity index (χ0v) is 14.0. The predicted octanol–water partition coefficient (Wildman–Crippen LogP) is 2.67. The first kappa shape index (κ1) is 15.4. The van der Waals surface area contributed by atoms with E-state index in [1.54, 1.807) is 6.20 Å². The Bertz CT molecular complexity index is 897. The summed E-state index contributed by atoms with van der Waals surface area (Å²) in [6, 6.07) is 7.66. The van der Waals surface area contributed by atoms with Crippen molar-refractivity contribution in [1.82, 2.24) is 9.55 Å². The van der Waals surface area contributed by atoms with E-state index in [1.165, 1.54) is 0 Å². The minimum atomic E-state index is -0.468. The van der Waals surface area contributed by atoms with Crippen LogP contribution in [0.2, 0.25) is 0 Å². The normalized spacial score (nSPS) is 17.1. The van der Waals surface area contributed by atoms with Crippen molar-refractivity contribution in [3.05, 3.63) is 41.5 Å². The highest BCUT2D eigenvalue weighted by molar-refractivity contribution is 6.00. The van der Waals surface area contributed by atoms with Crippen molar-refractivity contribution in [2.45, 2.75) is 39.0 Å². The van der Waals surface area contributed by atoms with E-state index in [9.17, 15) is 5.21 Å². The van der Waals surface area contributed by atoms with Crippen LogP contribution in [0.5, 0.6) is 0 Å². The van der Waals surface area contributed by atoms with Crippen molar-refractivity contribution in [2.24, 2.45) is 0 Å². The van der Waals surface area contributed by atoms with Gasteiger partial charge >= 0.3 is 0 Å². The van der Waals surface area contributed by atoms with E-state index in [4.69, 9.17) is 9.47 Å². The van der Waals surface area contributed by atoms with Crippen LogP contribution in [0.4, 0.5) is 0 Å². The molecule has 3 heterocycles. The summed E-state index contributed by atoms with van der Waals surface area (Å²) in [5.74, 6) is 0.449. The van der Waals surface area contributed by atoms with Crippen LogP contribution in [0.25, 0.3) is 21.9 Å². The van der Waals surface area contributed by atoms with Gasteiger partial charge in [-0.25, -0.2) is 4.98 Å². The van der Waals surface area contributed by atoms with Gasteiger partial charge in [-0.3, -0.25) is 0 Å². The minimum absolute atomic E-state index is 0.468. The summed E-state index contributed by atoms with van der Waals surface area (Å²) in [5.41, 5.74) is 2.43. The van der Waals surface area contributed by atoms with Crippen molar-refractivity contribution in [3.63, 3.8) is 0 Å². The zero-order chi connectivity index (χ0) is 16.7. The molecule has 3 aromatic rings. The van der Waals surface area contributed by atoms with E-state index in [0.717, 1.165) is 46.4 Å². The summed E-state index contributed by atoms with van der Waals surface area (Å²) < 4.78 is 14.4. The molecule has 0 spiro atoms. The summed E-state index contributed by atoms with van der Waals surface area (Å²) in [4.78, 5) is 4.57. The fourth-order valence-corrected chi connectivity index (χ4v) is 3.54. The Hall–Kier alpha value is -2.18. The van der Waals surface area contributed by atoms with Gasteiger partial charge in [0.25, 0.3) is 0 Å². The van der Waals surface area contributed by atoms with Gasteiger partial charge in [0.2, 0.25) is 11.7 Å². The fraction of sp³-hybridized carbons (Fsp3) is 0.444. The lowest BCUT2D eigenvalue weighted by atomic mass is 10.1. The van der Waals surface area contributed by atoms with Crippen molar-refractivity contribution in [2.75, 3.05) is 13.2 Å². The topological polar surface area (TPSA) is 63.2 Å². The monoisotopic (exact) mass is 327 g/mol. The lowest BCUT2D eigenvalue weighted by Gasteiger charge is -2.22. The Morgan fingerprint density at radius 3 is 2.83 bits per heavy atom. The molecule has 0 N–H and O–H groups in total. The molecule has 0 saturated carbocycles. The Kier molecular flexibility index (Phi) is 3.66. The van der Waals surface area contributed by atoms with Gasteiger partial charge in [0, 0.05) is 19.0 Å². The van der Waals surface area contributed by atoms with E-state index < -0.39 is 5.79 Å². The highest BCUT2D eigenvalue weighted by Gasteiger charge is 2.30. The molecule has 1 aliphatic rings. The largest absolute Gasteiger partial charge is 0.618 e. The molecule has 1 fully saturated rings. The van der Waals surface area contributed by atoms with Gasteiger partial charge in [-0.15, -0.1) is 0 Å². The maximum atomic E-state index is 12.2. The first-order valence-corrected chi connectivity index (χ1v) is 8.33. The van der Waals surface area contributed by atoms with Gasteiger partial charge in [0.15, 0.2) is 11.3 Å². The van der Waals surface area contributed by atoms with E-state index in [2.05, 4.69) is 9.55 Å². The molecule has 6 heteroatoms. The molecule has 1 aliphatic heterocycles. The number of rotatable bonds is 4. The molecule has 24 heavy (non-hydrogen) atoms. The lowest BCUT2D eigenvalue weighted by molar-refractivity contribution is -0.575. The second-order valence-electron chi connectivity index (χ2n) is 6.45. The molecular formula is C18H21N3O3. The van der Waals surface area contributed by atoms with E-state index >= 15 is 0 Å². The number of fused-ring (bicyclic) bond motifs is 3. The van der Waals surface area contributed by atoms with Gasteiger partial charge in [-0.05, 0) is 26.3 Å². The predicted molar refractivity (Wildman–Crippen MR) is 90.5 cm³/mol. The summed E-state index contributed by atoms with van der Waals surface area (Å²) in [6.45, 7) is 6.12. The van der Waals surface area contributed by atoms with Gasteiger partial charge in [0.05, 0.1) is 24.1 Å². The van der Waals surface area contributed by atoms with Crippen molar-refractivity contribution in [1.29, 1.82) is 0 Å². The van der Waals surface area contributed by atoms with Crippen molar-refractivity contribution >= 4 is 21.9 Å². The third kappa shape index (κ3) is 2.52. The molecule has 0 aliphatic carbocycles. The quantitative estimate of drug-likeness (QED) is 0.546. The highest BCUT2D eigenvalue weighted by atomic mass is 16.7.